The number of hydrogen-bond donors (Lipinski definition) is 0. The van der Waals surface area contributed by atoms with Crippen LogP contribution in [-0.2, 0) is 14.1 Å². The van der Waals surface area contributed by atoms with Crippen molar-refractivity contribution in [3.8, 4) is 0 Å². The highest BCUT2D eigenvalue weighted by molar-refractivity contribution is 6.74. The minimum absolute atomic E-state index is 0.0609. The van der Waals surface area contributed by atoms with E-state index in [1.165, 1.54) is 12.2 Å². The Morgan fingerprint density at radius 2 is 1.71 bits per heavy atom. The van der Waals surface area contributed by atoms with Gasteiger partial charge < -0.3 is 4.43 Å². The Balaban J connectivity index is 3.25. The van der Waals surface area contributed by atoms with Gasteiger partial charge in [-0.05, 0) is 36.2 Å². The predicted molar refractivity (Wildman–Crippen MR) is 102 cm³/mol. The number of carbonyl (C=O) groups excluding carboxylic acids is 1. The van der Waals surface area contributed by atoms with Crippen LogP contribution in [0.1, 0.15) is 39.7 Å². The van der Waals surface area contributed by atoms with Crippen LogP contribution in [0.15, 0.2) is 36.1 Å². The molecule has 0 aliphatic heterocycles. The van der Waals surface area contributed by atoms with Gasteiger partial charge in [-0.25, -0.2) is 5.06 Å². The van der Waals surface area contributed by atoms with E-state index >= 15 is 0 Å². The van der Waals surface area contributed by atoms with Crippen molar-refractivity contribution in [2.45, 2.75) is 52.2 Å². The van der Waals surface area contributed by atoms with E-state index in [-0.39, 0.29) is 17.4 Å². The summed E-state index contributed by atoms with van der Waals surface area (Å²) >= 11 is 0. The van der Waals surface area contributed by atoms with Gasteiger partial charge >= 0.3 is 0 Å². The molecule has 0 spiro atoms. The summed E-state index contributed by atoms with van der Waals surface area (Å²) < 4.78 is 6.50. The largest absolute Gasteiger partial charge is 0.546 e. The van der Waals surface area contributed by atoms with Crippen LogP contribution in [0, 0.1) is 0 Å². The van der Waals surface area contributed by atoms with E-state index < -0.39 is 8.32 Å². The highest BCUT2D eigenvalue weighted by Crippen LogP contribution is 2.39. The third-order valence-electron chi connectivity index (χ3n) is 4.75. The van der Waals surface area contributed by atoms with Crippen molar-refractivity contribution in [3.05, 3.63) is 41.7 Å². The molecule has 4 nitrogen and oxygen atoms in total. The molecular formula is C19H31NO3Si. The molecule has 0 saturated heterocycles. The second-order valence-corrected chi connectivity index (χ2v) is 12.3. The molecule has 0 heterocycles. The molecule has 5 heteroatoms. The fourth-order valence-electron chi connectivity index (χ4n) is 1.91. The number of hydrogen-bond acceptors (Lipinski definition) is 3. The number of amides is 1. The maximum absolute atomic E-state index is 12.4. The minimum Gasteiger partial charge on any atom is -0.546 e. The normalized spacial score (nSPS) is 13.3. The lowest BCUT2D eigenvalue weighted by Gasteiger charge is -2.38. The Labute approximate surface area is 147 Å². The molecule has 0 saturated carbocycles. The Hall–Kier alpha value is -1.59. The number of nitrogens with zero attached hydrogens (tertiary/aromatic N) is 1. The number of hydroxylamine groups is 2. The molecule has 0 aliphatic carbocycles. The van der Waals surface area contributed by atoms with Gasteiger partial charge in [-0.2, -0.15) is 0 Å². The first-order chi connectivity index (χ1) is 11.0. The average Bonchev–Trinajstić information content (AvgIpc) is 2.52. The summed E-state index contributed by atoms with van der Waals surface area (Å²) in [5, 5.41) is 1.30. The fraction of sp³-hybridized carbons (Fsp3) is 0.526. The van der Waals surface area contributed by atoms with Gasteiger partial charge in [-0.3, -0.25) is 9.63 Å². The van der Waals surface area contributed by atoms with E-state index in [2.05, 4.69) is 33.9 Å². The molecule has 1 aromatic carbocycles. The van der Waals surface area contributed by atoms with Crippen molar-refractivity contribution >= 4 is 19.8 Å². The van der Waals surface area contributed by atoms with Gasteiger partial charge in [0.2, 0.25) is 8.32 Å². The van der Waals surface area contributed by atoms with Crippen molar-refractivity contribution in [1.82, 2.24) is 5.06 Å². The highest BCUT2D eigenvalue weighted by Gasteiger charge is 2.40. The van der Waals surface area contributed by atoms with Gasteiger partial charge in [0, 0.05) is 7.05 Å². The molecule has 0 atom stereocenters. The van der Waals surface area contributed by atoms with Crippen LogP contribution in [0.4, 0.5) is 0 Å². The molecule has 1 rings (SSSR count). The summed E-state index contributed by atoms with van der Waals surface area (Å²) in [4.78, 5) is 17.4. The minimum atomic E-state index is -2.04. The molecule has 0 unspecified atom stereocenters. The zero-order valence-corrected chi connectivity index (χ0v) is 17.3. The zero-order chi connectivity index (χ0) is 18.5. The second kappa shape index (κ2) is 7.99. The summed E-state index contributed by atoms with van der Waals surface area (Å²) in [6.07, 6.45) is 0.192. The van der Waals surface area contributed by atoms with Gasteiger partial charge in [0.15, 0.2) is 0 Å². The number of allylic oxidation sites excluding steroid dienone is 1. The van der Waals surface area contributed by atoms with Gasteiger partial charge in [0.1, 0.15) is 0 Å². The van der Waals surface area contributed by atoms with Gasteiger partial charge in [0.05, 0.1) is 19.3 Å². The van der Waals surface area contributed by atoms with Crippen LogP contribution in [-0.4, -0.2) is 33.4 Å². The molecule has 0 radical (unpaired) electrons. The van der Waals surface area contributed by atoms with Crippen molar-refractivity contribution in [2.24, 2.45) is 0 Å². The lowest BCUT2D eigenvalue weighted by molar-refractivity contribution is -0.168. The van der Waals surface area contributed by atoms with E-state index in [1.54, 1.807) is 7.05 Å². The topological polar surface area (TPSA) is 38.8 Å². The molecule has 0 fully saturated rings. The SMILES string of the molecule is CON(C)C(=O)C/C(O[Si](C)(C)C(C)(C)C)=C(\C)c1ccccc1. The monoisotopic (exact) mass is 349 g/mol. The van der Waals surface area contributed by atoms with Crippen molar-refractivity contribution < 1.29 is 14.1 Å². The lowest BCUT2D eigenvalue weighted by Crippen LogP contribution is -2.41. The van der Waals surface area contributed by atoms with Crippen LogP contribution in [0.5, 0.6) is 0 Å². The lowest BCUT2D eigenvalue weighted by atomic mass is 10.1. The van der Waals surface area contributed by atoms with Crippen LogP contribution in [0.3, 0.4) is 0 Å². The first kappa shape index (κ1) is 20.5. The standard InChI is InChI=1S/C19H31NO3Si/c1-15(16-12-10-9-11-13-16)17(14-18(21)20(5)22-6)23-24(7,8)19(2,3)4/h9-13H,14H2,1-8H3/b17-15-. The summed E-state index contributed by atoms with van der Waals surface area (Å²) in [7, 11) is 1.06. The average molecular weight is 350 g/mol. The maximum Gasteiger partial charge on any atom is 0.253 e. The van der Waals surface area contributed by atoms with Crippen molar-refractivity contribution in [1.29, 1.82) is 0 Å². The summed E-state index contributed by atoms with van der Waals surface area (Å²) in [6.45, 7) is 13.0. The fourth-order valence-corrected chi connectivity index (χ4v) is 3.05. The second-order valence-electron chi connectivity index (χ2n) is 7.53. The molecule has 0 aliphatic rings. The van der Waals surface area contributed by atoms with E-state index in [0.717, 1.165) is 16.9 Å². The Morgan fingerprint density at radius 3 is 2.17 bits per heavy atom. The van der Waals surface area contributed by atoms with E-state index in [9.17, 15) is 4.79 Å². The van der Waals surface area contributed by atoms with Gasteiger partial charge in [0.25, 0.3) is 5.91 Å². The molecule has 0 aromatic heterocycles. The van der Waals surface area contributed by atoms with Gasteiger partial charge in [-0.15, -0.1) is 0 Å². The van der Waals surface area contributed by atoms with Crippen LogP contribution < -0.4 is 0 Å². The smallest absolute Gasteiger partial charge is 0.253 e. The van der Waals surface area contributed by atoms with Crippen molar-refractivity contribution in [3.63, 3.8) is 0 Å². The first-order valence-electron chi connectivity index (χ1n) is 8.24. The third kappa shape index (κ3) is 5.21. The highest BCUT2D eigenvalue weighted by atomic mass is 28.4. The van der Waals surface area contributed by atoms with Crippen LogP contribution in [0.2, 0.25) is 18.1 Å². The van der Waals surface area contributed by atoms with Gasteiger partial charge in [-0.1, -0.05) is 51.1 Å². The molecule has 134 valence electrons. The van der Waals surface area contributed by atoms with Crippen molar-refractivity contribution in [2.75, 3.05) is 14.2 Å². The molecule has 0 bridgehead atoms. The number of carbonyl (C=O) groups is 1. The van der Waals surface area contributed by atoms with E-state index in [0.29, 0.717) is 0 Å². The van der Waals surface area contributed by atoms with E-state index in [1.807, 2.05) is 37.3 Å². The predicted octanol–water partition coefficient (Wildman–Crippen LogP) is 4.85. The number of benzene rings is 1. The number of rotatable bonds is 6. The Kier molecular flexibility index (Phi) is 6.81. The Morgan fingerprint density at radius 1 is 1.17 bits per heavy atom. The zero-order valence-electron chi connectivity index (χ0n) is 16.3. The summed E-state index contributed by atoms with van der Waals surface area (Å²) in [5.74, 6) is 0.614. The summed E-state index contributed by atoms with van der Waals surface area (Å²) in [6, 6.07) is 10.0. The molecule has 1 aromatic rings. The quantitative estimate of drug-likeness (QED) is 0.419. The summed E-state index contributed by atoms with van der Waals surface area (Å²) in [5.41, 5.74) is 2.07. The van der Waals surface area contributed by atoms with Crippen LogP contribution >= 0.6 is 0 Å². The first-order valence-corrected chi connectivity index (χ1v) is 11.2. The Bertz CT molecular complexity index is 588. The third-order valence-corrected chi connectivity index (χ3v) is 9.12. The molecule has 24 heavy (non-hydrogen) atoms. The molecule has 0 N–H and O–H groups in total. The van der Waals surface area contributed by atoms with E-state index in [4.69, 9.17) is 9.26 Å². The van der Waals surface area contributed by atoms with Crippen LogP contribution in [0.25, 0.3) is 5.57 Å². The molecule has 1 amide bonds. The maximum atomic E-state index is 12.4. The molecular weight excluding hydrogens is 318 g/mol.